The molecule has 1 fully saturated rings. The summed E-state index contributed by atoms with van der Waals surface area (Å²) in [7, 11) is -3.94. The van der Waals surface area contributed by atoms with Crippen LogP contribution < -0.4 is 5.14 Å². The van der Waals surface area contributed by atoms with Crippen molar-refractivity contribution in [3.63, 3.8) is 0 Å². The summed E-state index contributed by atoms with van der Waals surface area (Å²) in [5.74, 6) is -1.38. The normalized spacial score (nSPS) is 18.5. The van der Waals surface area contributed by atoms with Gasteiger partial charge in [-0.15, -0.1) is 0 Å². The summed E-state index contributed by atoms with van der Waals surface area (Å²) in [4.78, 5) is 24.8. The number of hydrogen-bond acceptors (Lipinski definition) is 5. The summed E-state index contributed by atoms with van der Waals surface area (Å²) in [6.07, 6.45) is -0.775. The molecule has 0 saturated carbocycles. The van der Waals surface area contributed by atoms with Crippen molar-refractivity contribution in [2.45, 2.75) is 31.3 Å². The van der Waals surface area contributed by atoms with Gasteiger partial charge in [-0.3, -0.25) is 9.59 Å². The van der Waals surface area contributed by atoms with Gasteiger partial charge in [0.15, 0.2) is 0 Å². The second kappa shape index (κ2) is 6.88. The number of rotatable bonds is 4. The molecule has 1 atom stereocenters. The maximum Gasteiger partial charge on any atom is 0.306 e. The molecule has 1 aromatic carbocycles. The van der Waals surface area contributed by atoms with Gasteiger partial charge >= 0.3 is 5.97 Å². The van der Waals surface area contributed by atoms with Crippen molar-refractivity contribution >= 4 is 21.9 Å². The molecule has 1 aromatic rings. The Bertz CT molecular complexity index is 774. The number of benzene rings is 1. The molecular weight excluding hydrogens is 336 g/mol. The van der Waals surface area contributed by atoms with Gasteiger partial charge in [-0.2, -0.15) is 0 Å². The molecular formula is C15H20N2O6S. The second-order valence-corrected chi connectivity index (χ2v) is 7.33. The number of primary sulfonamides is 1. The van der Waals surface area contributed by atoms with E-state index in [4.69, 9.17) is 15.0 Å². The average Bonchev–Trinajstić information content (AvgIpc) is 2.47. The van der Waals surface area contributed by atoms with Gasteiger partial charge in [0, 0.05) is 18.7 Å². The first-order valence-corrected chi connectivity index (χ1v) is 8.91. The molecule has 24 heavy (non-hydrogen) atoms. The highest BCUT2D eigenvalue weighted by Crippen LogP contribution is 2.22. The van der Waals surface area contributed by atoms with Gasteiger partial charge in [0.25, 0.3) is 5.91 Å². The highest BCUT2D eigenvalue weighted by Gasteiger charge is 2.27. The lowest BCUT2D eigenvalue weighted by molar-refractivity contribution is -0.141. The van der Waals surface area contributed by atoms with Gasteiger partial charge in [-0.05, 0) is 37.1 Å². The third-order valence-electron chi connectivity index (χ3n) is 4.00. The first-order valence-electron chi connectivity index (χ1n) is 7.36. The minimum atomic E-state index is -3.94. The third-order valence-corrected chi connectivity index (χ3v) is 5.04. The standard InChI is InChI=1S/C15H20N2O6S/c1-9-5-11(6-13(10(9)2)24(16,21)22)15(20)17-3-4-23-12(8-17)7-14(18)19/h5-6,12H,3-4,7-8H2,1-2H3,(H,18,19)(H2,16,21,22). The van der Waals surface area contributed by atoms with Crippen LogP contribution in [0.5, 0.6) is 0 Å². The van der Waals surface area contributed by atoms with Crippen LogP contribution in [0.1, 0.15) is 27.9 Å². The molecule has 1 amide bonds. The summed E-state index contributed by atoms with van der Waals surface area (Å²) in [5, 5.41) is 14.0. The van der Waals surface area contributed by atoms with Crippen LogP contribution in [0.25, 0.3) is 0 Å². The van der Waals surface area contributed by atoms with E-state index in [1.165, 1.54) is 11.0 Å². The van der Waals surface area contributed by atoms with E-state index in [0.29, 0.717) is 17.7 Å². The van der Waals surface area contributed by atoms with E-state index < -0.39 is 22.1 Å². The number of carbonyl (C=O) groups excluding carboxylic acids is 1. The summed E-state index contributed by atoms with van der Waals surface area (Å²) in [6.45, 7) is 4.01. The number of ether oxygens (including phenoxy) is 1. The fraction of sp³-hybridized carbons (Fsp3) is 0.467. The lowest BCUT2D eigenvalue weighted by Gasteiger charge is -2.32. The predicted octanol–water partition coefficient (Wildman–Crippen LogP) is 0.267. The van der Waals surface area contributed by atoms with Crippen molar-refractivity contribution < 1.29 is 27.9 Å². The molecule has 132 valence electrons. The Labute approximate surface area is 140 Å². The zero-order valence-electron chi connectivity index (χ0n) is 13.5. The van der Waals surface area contributed by atoms with Gasteiger partial charge in [0.1, 0.15) is 0 Å². The molecule has 0 spiro atoms. The molecule has 2 rings (SSSR count). The zero-order chi connectivity index (χ0) is 18.1. The number of amides is 1. The lowest BCUT2D eigenvalue weighted by Crippen LogP contribution is -2.46. The van der Waals surface area contributed by atoms with Crippen molar-refractivity contribution in [2.24, 2.45) is 5.14 Å². The van der Waals surface area contributed by atoms with Gasteiger partial charge in [0.05, 0.1) is 24.0 Å². The van der Waals surface area contributed by atoms with Crippen LogP contribution in [0, 0.1) is 13.8 Å². The third kappa shape index (κ3) is 4.11. The van der Waals surface area contributed by atoms with E-state index in [9.17, 15) is 18.0 Å². The van der Waals surface area contributed by atoms with Crippen LogP contribution in [0.3, 0.4) is 0 Å². The van der Waals surface area contributed by atoms with Gasteiger partial charge in [-0.1, -0.05) is 0 Å². The molecule has 0 aromatic heterocycles. The molecule has 0 aliphatic carbocycles. The average molecular weight is 356 g/mol. The van der Waals surface area contributed by atoms with Crippen LogP contribution in [-0.2, 0) is 19.6 Å². The van der Waals surface area contributed by atoms with E-state index in [2.05, 4.69) is 0 Å². The fourth-order valence-corrected chi connectivity index (χ4v) is 3.53. The first kappa shape index (κ1) is 18.4. The van der Waals surface area contributed by atoms with E-state index in [-0.39, 0.29) is 35.9 Å². The van der Waals surface area contributed by atoms with Crippen LogP contribution in [0.15, 0.2) is 17.0 Å². The fourth-order valence-electron chi connectivity index (χ4n) is 2.65. The highest BCUT2D eigenvalue weighted by molar-refractivity contribution is 7.89. The van der Waals surface area contributed by atoms with Crippen molar-refractivity contribution in [2.75, 3.05) is 19.7 Å². The summed E-state index contributed by atoms with van der Waals surface area (Å²) >= 11 is 0. The van der Waals surface area contributed by atoms with Crippen molar-refractivity contribution in [1.29, 1.82) is 0 Å². The summed E-state index contributed by atoms with van der Waals surface area (Å²) in [6, 6.07) is 2.87. The maximum atomic E-state index is 12.7. The van der Waals surface area contributed by atoms with Gasteiger partial charge in [0.2, 0.25) is 10.0 Å². The van der Waals surface area contributed by atoms with E-state index >= 15 is 0 Å². The molecule has 9 heteroatoms. The van der Waals surface area contributed by atoms with Crippen LogP contribution >= 0.6 is 0 Å². The SMILES string of the molecule is Cc1cc(C(=O)N2CCOC(CC(=O)O)C2)cc(S(N)(=O)=O)c1C. The Morgan fingerprint density at radius 1 is 1.38 bits per heavy atom. The van der Waals surface area contributed by atoms with Crippen LogP contribution in [0.4, 0.5) is 0 Å². The van der Waals surface area contributed by atoms with Crippen molar-refractivity contribution in [1.82, 2.24) is 4.90 Å². The number of carboxylic acid groups (broad SMARTS) is 1. The number of carbonyl (C=O) groups is 2. The van der Waals surface area contributed by atoms with Gasteiger partial charge < -0.3 is 14.7 Å². The van der Waals surface area contributed by atoms with Gasteiger partial charge in [-0.25, -0.2) is 13.6 Å². The Kier molecular flexibility index (Phi) is 5.26. The molecule has 0 radical (unpaired) electrons. The molecule has 0 bridgehead atoms. The van der Waals surface area contributed by atoms with Crippen molar-refractivity contribution in [3.8, 4) is 0 Å². The number of aliphatic carboxylic acids is 1. The Morgan fingerprint density at radius 2 is 2.04 bits per heavy atom. The van der Waals surface area contributed by atoms with Crippen molar-refractivity contribution in [3.05, 3.63) is 28.8 Å². The number of carboxylic acids is 1. The summed E-state index contributed by atoms with van der Waals surface area (Å²) < 4.78 is 28.7. The monoisotopic (exact) mass is 356 g/mol. The van der Waals surface area contributed by atoms with E-state index in [1.807, 2.05) is 0 Å². The molecule has 3 N–H and O–H groups in total. The number of nitrogens with zero attached hydrogens (tertiary/aromatic N) is 1. The number of hydrogen-bond donors (Lipinski definition) is 2. The van der Waals surface area contributed by atoms with E-state index in [0.717, 1.165) is 0 Å². The van der Waals surface area contributed by atoms with E-state index in [1.54, 1.807) is 19.9 Å². The lowest BCUT2D eigenvalue weighted by atomic mass is 10.0. The van der Waals surface area contributed by atoms with Crippen LogP contribution in [0.2, 0.25) is 0 Å². The predicted molar refractivity (Wildman–Crippen MR) is 85.2 cm³/mol. The molecule has 1 saturated heterocycles. The molecule has 1 aliphatic heterocycles. The highest BCUT2D eigenvalue weighted by atomic mass is 32.2. The Morgan fingerprint density at radius 3 is 2.62 bits per heavy atom. The minimum absolute atomic E-state index is 0.0822. The zero-order valence-corrected chi connectivity index (χ0v) is 14.3. The Balaban J connectivity index is 2.29. The largest absolute Gasteiger partial charge is 0.481 e. The quantitative estimate of drug-likeness (QED) is 0.797. The minimum Gasteiger partial charge on any atom is -0.481 e. The number of sulfonamides is 1. The second-order valence-electron chi connectivity index (χ2n) is 5.80. The molecule has 1 heterocycles. The molecule has 8 nitrogen and oxygen atoms in total. The number of nitrogens with two attached hydrogens (primary N) is 1. The maximum absolute atomic E-state index is 12.7. The smallest absolute Gasteiger partial charge is 0.306 e. The molecule has 1 unspecified atom stereocenters. The van der Waals surface area contributed by atoms with Crippen LogP contribution in [-0.4, -0.2) is 56.1 Å². The molecule has 1 aliphatic rings. The topological polar surface area (TPSA) is 127 Å². The number of aryl methyl sites for hydroxylation is 1. The Hall–Kier alpha value is -1.97. The summed E-state index contributed by atoms with van der Waals surface area (Å²) in [5.41, 5.74) is 1.35. The number of morpholine rings is 1. The first-order chi connectivity index (χ1) is 11.1.